The lowest BCUT2D eigenvalue weighted by atomic mass is 10.0. The van der Waals surface area contributed by atoms with Crippen molar-refractivity contribution in [3.05, 3.63) is 0 Å². The Labute approximate surface area is 112 Å². The number of hydrogen-bond acceptors (Lipinski definition) is 3. The van der Waals surface area contributed by atoms with Crippen LogP contribution in [-0.4, -0.2) is 31.9 Å². The smallest absolute Gasteiger partial charge is 0.192 e. The normalized spacial score (nSPS) is 28.4. The summed E-state index contributed by atoms with van der Waals surface area (Å²) in [4.78, 5) is 11.5. The van der Waals surface area contributed by atoms with Gasteiger partial charge >= 0.3 is 0 Å². The fourth-order valence-corrected chi connectivity index (χ4v) is 3.39. The quantitative estimate of drug-likeness (QED) is 0.737. The third-order valence-corrected chi connectivity index (χ3v) is 8.83. The van der Waals surface area contributed by atoms with Crippen LogP contribution in [0.4, 0.5) is 0 Å². The van der Waals surface area contributed by atoms with Gasteiger partial charge in [-0.15, -0.1) is 0 Å². The van der Waals surface area contributed by atoms with E-state index in [0.717, 1.165) is 0 Å². The van der Waals surface area contributed by atoms with E-state index in [4.69, 9.17) is 9.16 Å². The Morgan fingerprint density at radius 3 is 2.17 bits per heavy atom. The molecule has 0 unspecified atom stereocenters. The van der Waals surface area contributed by atoms with Gasteiger partial charge in [-0.1, -0.05) is 20.8 Å². The molecule has 0 amide bonds. The Hall–Kier alpha value is -0.193. The molecule has 0 aromatic rings. The van der Waals surface area contributed by atoms with E-state index in [-0.39, 0.29) is 28.6 Å². The third-order valence-electron chi connectivity index (χ3n) is 4.35. The average molecular weight is 272 g/mol. The summed E-state index contributed by atoms with van der Waals surface area (Å²) >= 11 is 0. The molecule has 1 aliphatic rings. The lowest BCUT2D eigenvalue weighted by Crippen LogP contribution is -2.48. The van der Waals surface area contributed by atoms with Gasteiger partial charge < -0.3 is 9.16 Å². The SMILES string of the molecule is CC(=O)[C@H]1C[C@@H](O[Si](C)(C)C(C)(C)C)C(C)(C)O1. The highest BCUT2D eigenvalue weighted by Gasteiger charge is 2.49. The zero-order valence-electron chi connectivity index (χ0n) is 13.1. The monoisotopic (exact) mass is 272 g/mol. The van der Waals surface area contributed by atoms with Crippen molar-refractivity contribution in [2.75, 3.05) is 0 Å². The van der Waals surface area contributed by atoms with Gasteiger partial charge in [0.2, 0.25) is 0 Å². The van der Waals surface area contributed by atoms with Crippen LogP contribution in [0.15, 0.2) is 0 Å². The number of ether oxygens (including phenoxy) is 1. The maximum Gasteiger partial charge on any atom is 0.192 e. The van der Waals surface area contributed by atoms with E-state index >= 15 is 0 Å². The van der Waals surface area contributed by atoms with E-state index in [1.165, 1.54) is 0 Å². The second-order valence-electron chi connectivity index (χ2n) is 7.42. The second kappa shape index (κ2) is 4.73. The largest absolute Gasteiger partial charge is 0.411 e. The van der Waals surface area contributed by atoms with Crippen molar-refractivity contribution in [3.8, 4) is 0 Å². The predicted molar refractivity (Wildman–Crippen MR) is 76.3 cm³/mol. The van der Waals surface area contributed by atoms with Gasteiger partial charge in [0.1, 0.15) is 6.10 Å². The van der Waals surface area contributed by atoms with Crippen molar-refractivity contribution in [2.45, 2.75) is 83.9 Å². The molecule has 0 spiro atoms. The summed E-state index contributed by atoms with van der Waals surface area (Å²) < 4.78 is 12.2. The van der Waals surface area contributed by atoms with Crippen LogP contribution in [0, 0.1) is 0 Å². The highest BCUT2D eigenvalue weighted by atomic mass is 28.4. The molecule has 1 rings (SSSR count). The molecule has 0 aliphatic carbocycles. The molecule has 1 saturated heterocycles. The van der Waals surface area contributed by atoms with Gasteiger partial charge in [0.15, 0.2) is 14.1 Å². The second-order valence-corrected chi connectivity index (χ2v) is 12.2. The van der Waals surface area contributed by atoms with Crippen molar-refractivity contribution in [1.82, 2.24) is 0 Å². The Balaban J connectivity index is 2.82. The highest BCUT2D eigenvalue weighted by molar-refractivity contribution is 6.74. The molecule has 3 nitrogen and oxygen atoms in total. The minimum absolute atomic E-state index is 0.0206. The lowest BCUT2D eigenvalue weighted by Gasteiger charge is -2.41. The zero-order chi connectivity index (χ0) is 14.4. The standard InChI is InChI=1S/C14H28O3Si/c1-10(15)11-9-12(14(5,6)16-11)17-18(7,8)13(2,3)4/h11-12H,9H2,1-8H3/t11-,12-/m1/s1. The Morgan fingerprint density at radius 1 is 1.33 bits per heavy atom. The van der Waals surface area contributed by atoms with Gasteiger partial charge in [0.25, 0.3) is 0 Å². The van der Waals surface area contributed by atoms with Gasteiger partial charge in [-0.2, -0.15) is 0 Å². The van der Waals surface area contributed by atoms with Crippen molar-refractivity contribution < 1.29 is 14.0 Å². The van der Waals surface area contributed by atoms with Crippen LogP contribution in [0.2, 0.25) is 18.1 Å². The Kier molecular flexibility index (Phi) is 4.17. The third kappa shape index (κ3) is 3.22. The first-order valence-electron chi connectivity index (χ1n) is 6.73. The van der Waals surface area contributed by atoms with Gasteiger partial charge in [0, 0.05) is 6.42 Å². The first-order chi connectivity index (χ1) is 7.87. The summed E-state index contributed by atoms with van der Waals surface area (Å²) in [6.07, 6.45) is 0.413. The van der Waals surface area contributed by atoms with Crippen LogP contribution in [-0.2, 0) is 14.0 Å². The number of carbonyl (C=O) groups excluding carboxylic acids is 1. The predicted octanol–water partition coefficient (Wildman–Crippen LogP) is 3.53. The highest BCUT2D eigenvalue weighted by Crippen LogP contribution is 2.42. The topological polar surface area (TPSA) is 35.5 Å². The molecule has 0 saturated carbocycles. The van der Waals surface area contributed by atoms with E-state index in [1.54, 1.807) is 6.92 Å². The molecule has 2 atom stereocenters. The number of carbonyl (C=O) groups is 1. The molecule has 1 fully saturated rings. The summed E-state index contributed by atoms with van der Waals surface area (Å²) in [6.45, 7) is 16.8. The zero-order valence-corrected chi connectivity index (χ0v) is 14.1. The maximum absolute atomic E-state index is 11.5. The Bertz CT molecular complexity index is 328. The molecule has 18 heavy (non-hydrogen) atoms. The molecule has 106 valence electrons. The van der Waals surface area contributed by atoms with Crippen LogP contribution in [0.3, 0.4) is 0 Å². The molecule has 0 radical (unpaired) electrons. The molecule has 1 aliphatic heterocycles. The van der Waals surface area contributed by atoms with E-state index in [2.05, 4.69) is 33.9 Å². The van der Waals surface area contributed by atoms with Gasteiger partial charge in [-0.05, 0) is 38.9 Å². The van der Waals surface area contributed by atoms with E-state index in [1.807, 2.05) is 13.8 Å². The molecule has 0 aromatic heterocycles. The van der Waals surface area contributed by atoms with Gasteiger partial charge in [-0.3, -0.25) is 4.79 Å². The molecule has 0 aromatic carbocycles. The summed E-state index contributed by atoms with van der Waals surface area (Å²) in [7, 11) is -1.81. The van der Waals surface area contributed by atoms with Crippen LogP contribution in [0.5, 0.6) is 0 Å². The minimum atomic E-state index is -1.81. The lowest BCUT2D eigenvalue weighted by molar-refractivity contribution is -0.132. The molecule has 1 heterocycles. The average Bonchev–Trinajstić information content (AvgIpc) is 2.39. The molecular weight excluding hydrogens is 244 g/mol. The van der Waals surface area contributed by atoms with E-state index < -0.39 is 8.32 Å². The molecule has 0 bridgehead atoms. The Morgan fingerprint density at radius 2 is 1.83 bits per heavy atom. The molecular formula is C14H28O3Si. The van der Waals surface area contributed by atoms with Gasteiger partial charge in [-0.25, -0.2) is 0 Å². The first-order valence-corrected chi connectivity index (χ1v) is 9.64. The van der Waals surface area contributed by atoms with Crippen molar-refractivity contribution in [2.24, 2.45) is 0 Å². The number of ketones is 1. The number of hydrogen-bond donors (Lipinski definition) is 0. The molecule has 4 heteroatoms. The maximum atomic E-state index is 11.5. The van der Waals surface area contributed by atoms with Crippen LogP contribution < -0.4 is 0 Å². The fourth-order valence-electron chi connectivity index (χ4n) is 1.94. The number of rotatable bonds is 3. The fraction of sp³-hybridized carbons (Fsp3) is 0.929. The van der Waals surface area contributed by atoms with Crippen LogP contribution >= 0.6 is 0 Å². The van der Waals surface area contributed by atoms with E-state index in [9.17, 15) is 4.79 Å². The van der Waals surface area contributed by atoms with Crippen molar-refractivity contribution in [3.63, 3.8) is 0 Å². The summed E-state index contributed by atoms with van der Waals surface area (Å²) in [5, 5.41) is 0.178. The van der Waals surface area contributed by atoms with Crippen molar-refractivity contribution >= 4 is 14.1 Å². The summed E-state index contributed by atoms with van der Waals surface area (Å²) in [5.41, 5.74) is -0.369. The summed E-state index contributed by atoms with van der Waals surface area (Å²) in [5.74, 6) is 0.101. The van der Waals surface area contributed by atoms with Crippen LogP contribution in [0.1, 0.15) is 48.0 Å². The minimum Gasteiger partial charge on any atom is -0.411 e. The van der Waals surface area contributed by atoms with Crippen molar-refractivity contribution in [1.29, 1.82) is 0 Å². The summed E-state index contributed by atoms with van der Waals surface area (Å²) in [6, 6.07) is 0. The van der Waals surface area contributed by atoms with E-state index in [0.29, 0.717) is 6.42 Å². The number of Topliss-reactive ketones (excluding diaryl/α,β-unsaturated/α-hetero) is 1. The van der Waals surface area contributed by atoms with Crippen LogP contribution in [0.25, 0.3) is 0 Å². The first kappa shape index (κ1) is 15.9. The molecule has 0 N–H and O–H groups in total. The van der Waals surface area contributed by atoms with Gasteiger partial charge in [0.05, 0.1) is 11.7 Å².